The fourth-order valence-electron chi connectivity index (χ4n) is 6.79. The van der Waals surface area contributed by atoms with Gasteiger partial charge in [0.05, 0.1) is 36.8 Å². The molecule has 6 N–H and O–H groups in total. The molecule has 0 bridgehead atoms. The van der Waals surface area contributed by atoms with Crippen molar-refractivity contribution < 1.29 is 42.7 Å². The fraction of sp³-hybridized carbons (Fsp3) is 0.209. The number of nitrogen functional groups attached to an aromatic ring is 1. The van der Waals surface area contributed by atoms with E-state index >= 15 is 0 Å². The molecule has 0 unspecified atom stereocenters. The quantitative estimate of drug-likeness (QED) is 0.0882. The molecule has 6 aromatic rings. The van der Waals surface area contributed by atoms with Gasteiger partial charge in [0.25, 0.3) is 11.8 Å². The molecule has 4 aromatic carbocycles. The van der Waals surface area contributed by atoms with Crippen LogP contribution < -0.4 is 31.3 Å². The normalized spacial score (nSPS) is 13.4. The van der Waals surface area contributed by atoms with Gasteiger partial charge in [-0.05, 0) is 71.9 Å². The summed E-state index contributed by atoms with van der Waals surface area (Å²) in [6.45, 7) is 5.23. The van der Waals surface area contributed by atoms with Crippen LogP contribution in [0.4, 0.5) is 14.6 Å². The molecule has 2 aromatic heterocycles. The Hall–Kier alpha value is -7.18. The second-order valence-electron chi connectivity index (χ2n) is 13.9. The number of ether oxygens (including phenoxy) is 2. The minimum absolute atomic E-state index is 0.0671. The highest BCUT2D eigenvalue weighted by Gasteiger charge is 2.28. The maximum atomic E-state index is 13.7. The molecule has 1 aliphatic rings. The van der Waals surface area contributed by atoms with Crippen LogP contribution in [-0.4, -0.2) is 86.8 Å². The first kappa shape index (κ1) is 43.4. The molecule has 15 nitrogen and oxygen atoms in total. The van der Waals surface area contributed by atoms with E-state index in [0.29, 0.717) is 46.8 Å². The van der Waals surface area contributed by atoms with Crippen LogP contribution in [0, 0.1) is 11.6 Å². The van der Waals surface area contributed by atoms with Gasteiger partial charge >= 0.3 is 7.12 Å². The lowest BCUT2D eigenvalue weighted by Crippen LogP contribution is -2.40. The zero-order valence-corrected chi connectivity index (χ0v) is 33.3. The molecule has 3 heterocycles. The van der Waals surface area contributed by atoms with Gasteiger partial charge in [-0.1, -0.05) is 55.1 Å². The summed E-state index contributed by atoms with van der Waals surface area (Å²) in [4.78, 5) is 47.4. The maximum Gasteiger partial charge on any atom is 0.488 e. The number of rotatable bonds is 12. The highest BCUT2D eigenvalue weighted by molar-refractivity contribution is 6.58. The lowest BCUT2D eigenvalue weighted by molar-refractivity contribution is -0.127. The number of nitrogens with one attached hydrogen (secondary N) is 2. The first-order valence-corrected chi connectivity index (χ1v) is 19.1. The summed E-state index contributed by atoms with van der Waals surface area (Å²) in [7, 11) is 1.31. The molecular formula is C43H43BF2N8O7. The van der Waals surface area contributed by atoms with Crippen molar-refractivity contribution >= 4 is 47.2 Å². The zero-order valence-electron chi connectivity index (χ0n) is 33.3. The second kappa shape index (κ2) is 19.7. The number of carbonyl (C=O) groups excluding carboxylic acids is 3. The molecule has 18 heteroatoms. The molecule has 0 aliphatic carbocycles. The van der Waals surface area contributed by atoms with Crippen LogP contribution in [0.5, 0.6) is 11.5 Å². The largest absolute Gasteiger partial charge is 0.496 e. The Kier molecular flexibility index (Phi) is 14.0. The summed E-state index contributed by atoms with van der Waals surface area (Å²) < 4.78 is 38.9. The number of hydrogen-bond acceptors (Lipinski definition) is 11. The van der Waals surface area contributed by atoms with Gasteiger partial charge in [0.1, 0.15) is 41.0 Å². The Morgan fingerprint density at radius 2 is 1.43 bits per heavy atom. The summed E-state index contributed by atoms with van der Waals surface area (Å²) in [5.74, 6) is -1.15. The third-order valence-electron chi connectivity index (χ3n) is 9.97. The standard InChI is InChI=1S/C28H28FN7O3.C15H15BFNO4/c1-3-23(37)35-12-4-5-20(15-35)36-27-24(26(30)32-16-33-27)25(34-36)18-8-6-17(7-9-18)14-31-28(38)21-13-19(29)10-11-22(21)39-2;1-22-14-7-6-12(17)8-13(14)15(19)18-9-10-2-4-11(5-3-10)16(20)21/h3,6-11,13,16,20H,1,4-5,12,14-15H2,2H3,(H,31,38)(H2,30,32,33);2-8,20-21H,9H2,1H3,(H,18,19)/t20-;/m1./s1. The monoisotopic (exact) mass is 832 g/mol. The number of fused-ring (bicyclic) bond motifs is 1. The van der Waals surface area contributed by atoms with E-state index in [2.05, 4.69) is 27.2 Å². The van der Waals surface area contributed by atoms with Crippen molar-refractivity contribution in [1.29, 1.82) is 0 Å². The van der Waals surface area contributed by atoms with E-state index in [4.69, 9.17) is 30.4 Å². The smallest absolute Gasteiger partial charge is 0.488 e. The molecule has 1 fully saturated rings. The van der Waals surface area contributed by atoms with Gasteiger partial charge in [0, 0.05) is 31.7 Å². The van der Waals surface area contributed by atoms with Gasteiger partial charge in [-0.25, -0.2) is 23.4 Å². The zero-order chi connectivity index (χ0) is 43.6. The van der Waals surface area contributed by atoms with Gasteiger partial charge in [-0.2, -0.15) is 5.10 Å². The van der Waals surface area contributed by atoms with Crippen LogP contribution >= 0.6 is 0 Å². The average Bonchev–Trinajstić information content (AvgIpc) is 3.68. The lowest BCUT2D eigenvalue weighted by Gasteiger charge is -2.32. The number of methoxy groups -OCH3 is 2. The van der Waals surface area contributed by atoms with Gasteiger partial charge in [0.2, 0.25) is 5.91 Å². The highest BCUT2D eigenvalue weighted by atomic mass is 19.1. The number of halogens is 2. The van der Waals surface area contributed by atoms with E-state index in [-0.39, 0.29) is 41.9 Å². The molecule has 3 amide bonds. The Balaban J connectivity index is 0.000000240. The molecule has 0 spiro atoms. The topological polar surface area (TPSA) is 207 Å². The van der Waals surface area contributed by atoms with Gasteiger partial charge in [-0.3, -0.25) is 14.4 Å². The molecule has 1 aliphatic heterocycles. The number of likely N-dealkylation sites (tertiary alicyclic amines) is 1. The number of benzene rings is 4. The van der Waals surface area contributed by atoms with Crippen molar-refractivity contribution in [3.63, 3.8) is 0 Å². The molecule has 314 valence electrons. The van der Waals surface area contributed by atoms with E-state index in [0.717, 1.165) is 41.7 Å². The number of anilines is 1. The number of nitrogens with two attached hydrogens (primary N) is 1. The van der Waals surface area contributed by atoms with Crippen LogP contribution in [0.15, 0.2) is 104 Å². The predicted molar refractivity (Wildman–Crippen MR) is 225 cm³/mol. The molecule has 61 heavy (non-hydrogen) atoms. The SMILES string of the molecule is C=CC(=O)N1CCC[C@@H](n2nc(-c3ccc(CNC(=O)c4cc(F)ccc4OC)cc3)c3c(N)ncnc32)C1.COc1ccc(F)cc1C(=O)NCc1ccc(B(O)O)cc1. The number of carbonyl (C=O) groups is 3. The summed E-state index contributed by atoms with van der Waals surface area (Å²) in [5.41, 5.74) is 10.5. The van der Waals surface area contributed by atoms with Crippen molar-refractivity contribution in [3.8, 4) is 22.8 Å². The molecular weight excluding hydrogens is 789 g/mol. The molecule has 7 rings (SSSR count). The number of amides is 3. The molecule has 1 saturated heterocycles. The first-order valence-electron chi connectivity index (χ1n) is 19.1. The van der Waals surface area contributed by atoms with Crippen molar-refractivity contribution in [2.24, 2.45) is 0 Å². The van der Waals surface area contributed by atoms with Gasteiger partial charge in [-0.15, -0.1) is 0 Å². The Labute approximate surface area is 350 Å². The van der Waals surface area contributed by atoms with Crippen LogP contribution in [0.25, 0.3) is 22.3 Å². The Morgan fingerprint density at radius 3 is 1.95 bits per heavy atom. The van der Waals surface area contributed by atoms with Crippen molar-refractivity contribution in [2.75, 3.05) is 33.0 Å². The Morgan fingerprint density at radius 1 is 0.869 bits per heavy atom. The third kappa shape index (κ3) is 10.3. The summed E-state index contributed by atoms with van der Waals surface area (Å²) in [6.07, 6.45) is 4.42. The molecule has 0 saturated carbocycles. The van der Waals surface area contributed by atoms with Crippen LogP contribution in [-0.2, 0) is 17.9 Å². The van der Waals surface area contributed by atoms with Crippen molar-refractivity contribution in [3.05, 3.63) is 138 Å². The summed E-state index contributed by atoms with van der Waals surface area (Å²) in [6, 6.07) is 21.4. The van der Waals surface area contributed by atoms with E-state index in [1.807, 2.05) is 28.9 Å². The van der Waals surface area contributed by atoms with E-state index in [9.17, 15) is 23.2 Å². The number of piperidine rings is 1. The van der Waals surface area contributed by atoms with Crippen LogP contribution in [0.2, 0.25) is 0 Å². The molecule has 0 radical (unpaired) electrons. The predicted octanol–water partition coefficient (Wildman–Crippen LogP) is 3.95. The van der Waals surface area contributed by atoms with E-state index in [1.54, 1.807) is 29.2 Å². The van der Waals surface area contributed by atoms with Gasteiger partial charge in [0.15, 0.2) is 5.65 Å². The number of aromatic nitrogens is 4. The van der Waals surface area contributed by atoms with Crippen molar-refractivity contribution in [2.45, 2.75) is 32.0 Å². The Bertz CT molecular complexity index is 2540. The highest BCUT2D eigenvalue weighted by Crippen LogP contribution is 2.34. The first-order chi connectivity index (χ1) is 29.4. The lowest BCUT2D eigenvalue weighted by atomic mass is 9.80. The summed E-state index contributed by atoms with van der Waals surface area (Å²) in [5, 5.41) is 29.0. The maximum absolute atomic E-state index is 13.7. The third-order valence-corrected chi connectivity index (χ3v) is 9.97. The molecule has 1 atom stereocenters. The van der Waals surface area contributed by atoms with Crippen molar-refractivity contribution in [1.82, 2.24) is 35.3 Å². The van der Waals surface area contributed by atoms with E-state index < -0.39 is 30.6 Å². The van der Waals surface area contributed by atoms with Gasteiger partial charge < -0.3 is 40.8 Å². The minimum atomic E-state index is -1.53. The minimum Gasteiger partial charge on any atom is -0.496 e. The number of nitrogens with zero attached hydrogens (tertiary/aromatic N) is 5. The average molecular weight is 833 g/mol. The fourth-order valence-corrected chi connectivity index (χ4v) is 6.79. The van der Waals surface area contributed by atoms with E-state index in [1.165, 1.54) is 50.9 Å². The van der Waals surface area contributed by atoms with Crippen LogP contribution in [0.1, 0.15) is 50.7 Å². The summed E-state index contributed by atoms with van der Waals surface area (Å²) >= 11 is 0. The number of hydrogen-bond donors (Lipinski definition) is 5. The van der Waals surface area contributed by atoms with Crippen LogP contribution in [0.3, 0.4) is 0 Å². The second-order valence-corrected chi connectivity index (χ2v) is 13.9.